The van der Waals surface area contributed by atoms with Crippen molar-refractivity contribution in [3.63, 3.8) is 0 Å². The third kappa shape index (κ3) is 3.29. The Hall–Kier alpha value is -2.53. The van der Waals surface area contributed by atoms with Crippen molar-refractivity contribution in [3.8, 4) is 11.4 Å². The van der Waals surface area contributed by atoms with Gasteiger partial charge in [-0.1, -0.05) is 54.1 Å². The number of aromatic amines is 1. The average Bonchev–Trinajstić information content (AvgIpc) is 2.90. The zero-order valence-corrected chi connectivity index (χ0v) is 13.9. The zero-order valence-electron chi connectivity index (χ0n) is 13.0. The van der Waals surface area contributed by atoms with Gasteiger partial charge in [-0.3, -0.25) is 14.5 Å². The molecule has 4 nitrogen and oxygen atoms in total. The molecule has 1 aromatic heterocycles. The lowest BCUT2D eigenvalue weighted by molar-refractivity contribution is 0.101. The molecular weight excluding hydrogens is 306 g/mol. The number of benzene rings is 2. The van der Waals surface area contributed by atoms with E-state index in [9.17, 15) is 4.79 Å². The second-order valence-corrected chi connectivity index (χ2v) is 5.94. The number of hydrogen-bond donors (Lipinski definition) is 1. The van der Waals surface area contributed by atoms with Crippen LogP contribution in [0.4, 0.5) is 0 Å². The maximum Gasteiger partial charge on any atom is 0.195 e. The minimum atomic E-state index is 0.0665. The van der Waals surface area contributed by atoms with Gasteiger partial charge in [0.05, 0.1) is 6.54 Å². The number of carbonyl (C=O) groups excluding carboxylic acids is 1. The highest BCUT2D eigenvalue weighted by molar-refractivity contribution is 7.71. The summed E-state index contributed by atoms with van der Waals surface area (Å²) in [5.41, 5.74) is 4.00. The highest BCUT2D eigenvalue weighted by Crippen LogP contribution is 2.19. The van der Waals surface area contributed by atoms with Crippen molar-refractivity contribution in [2.24, 2.45) is 0 Å². The number of aromatic nitrogens is 3. The summed E-state index contributed by atoms with van der Waals surface area (Å²) in [6.07, 6.45) is 0. The second-order valence-electron chi connectivity index (χ2n) is 5.56. The van der Waals surface area contributed by atoms with Gasteiger partial charge in [-0.15, -0.1) is 0 Å². The number of Topliss-reactive ketones (excluding diaryl/α,β-unsaturated/α-hetero) is 1. The molecule has 116 valence electrons. The molecule has 0 fully saturated rings. The van der Waals surface area contributed by atoms with Crippen LogP contribution in [0.5, 0.6) is 0 Å². The van der Waals surface area contributed by atoms with E-state index < -0.39 is 0 Å². The molecule has 2 aromatic carbocycles. The first-order valence-electron chi connectivity index (χ1n) is 7.37. The minimum Gasteiger partial charge on any atom is -0.296 e. The Kier molecular flexibility index (Phi) is 4.21. The number of rotatable bonds is 4. The van der Waals surface area contributed by atoms with Crippen LogP contribution in [0.15, 0.2) is 48.5 Å². The van der Waals surface area contributed by atoms with Crippen LogP contribution in [0.2, 0.25) is 0 Å². The van der Waals surface area contributed by atoms with E-state index in [4.69, 9.17) is 12.2 Å². The van der Waals surface area contributed by atoms with Gasteiger partial charge in [-0.25, -0.2) is 0 Å². The molecule has 3 aromatic rings. The Balaban J connectivity index is 1.94. The number of nitrogens with zero attached hydrogens (tertiary/aromatic N) is 2. The Morgan fingerprint density at radius 1 is 1.13 bits per heavy atom. The Morgan fingerprint density at radius 3 is 2.39 bits per heavy atom. The first kappa shape index (κ1) is 15.4. The van der Waals surface area contributed by atoms with Crippen molar-refractivity contribution in [1.82, 2.24) is 14.8 Å². The van der Waals surface area contributed by atoms with Crippen molar-refractivity contribution in [1.29, 1.82) is 0 Å². The summed E-state index contributed by atoms with van der Waals surface area (Å²) in [6.45, 7) is 4.23. The fraction of sp³-hybridized carbons (Fsp3) is 0.167. The van der Waals surface area contributed by atoms with Gasteiger partial charge in [0.25, 0.3) is 0 Å². The average molecular weight is 323 g/mol. The van der Waals surface area contributed by atoms with Crippen LogP contribution in [0.3, 0.4) is 0 Å². The van der Waals surface area contributed by atoms with E-state index in [1.54, 1.807) is 6.92 Å². The molecule has 5 heteroatoms. The second kappa shape index (κ2) is 6.30. The van der Waals surface area contributed by atoms with E-state index >= 15 is 0 Å². The molecule has 0 aliphatic rings. The molecule has 23 heavy (non-hydrogen) atoms. The number of hydrogen-bond acceptors (Lipinski definition) is 3. The van der Waals surface area contributed by atoms with E-state index in [0.29, 0.717) is 16.9 Å². The van der Waals surface area contributed by atoms with Crippen LogP contribution in [0.1, 0.15) is 28.4 Å². The van der Waals surface area contributed by atoms with E-state index in [1.807, 2.05) is 41.0 Å². The molecule has 0 saturated carbocycles. The van der Waals surface area contributed by atoms with Crippen LogP contribution >= 0.6 is 12.2 Å². The van der Waals surface area contributed by atoms with Crippen molar-refractivity contribution in [2.75, 3.05) is 0 Å². The van der Waals surface area contributed by atoms with Crippen LogP contribution in [0.25, 0.3) is 11.4 Å². The van der Waals surface area contributed by atoms with Gasteiger partial charge in [0.2, 0.25) is 0 Å². The molecule has 0 bridgehead atoms. The smallest absolute Gasteiger partial charge is 0.195 e. The predicted octanol–water partition coefficient (Wildman–Crippen LogP) is 4.17. The largest absolute Gasteiger partial charge is 0.296 e. The van der Waals surface area contributed by atoms with Crippen LogP contribution in [0, 0.1) is 11.7 Å². The lowest BCUT2D eigenvalue weighted by Crippen LogP contribution is -2.03. The minimum absolute atomic E-state index is 0.0665. The quantitative estimate of drug-likeness (QED) is 0.579. The van der Waals surface area contributed by atoms with Gasteiger partial charge < -0.3 is 0 Å². The van der Waals surface area contributed by atoms with E-state index in [2.05, 4.69) is 29.3 Å². The number of nitrogens with one attached hydrogen (secondary N) is 1. The van der Waals surface area contributed by atoms with Crippen molar-refractivity contribution in [2.45, 2.75) is 20.4 Å². The Morgan fingerprint density at radius 2 is 1.78 bits per heavy atom. The summed E-state index contributed by atoms with van der Waals surface area (Å²) in [5.74, 6) is 0.877. The summed E-state index contributed by atoms with van der Waals surface area (Å²) < 4.78 is 2.54. The predicted molar refractivity (Wildman–Crippen MR) is 93.1 cm³/mol. The molecule has 0 aliphatic heterocycles. The summed E-state index contributed by atoms with van der Waals surface area (Å²) in [5, 5.41) is 7.21. The monoisotopic (exact) mass is 323 g/mol. The van der Waals surface area contributed by atoms with E-state index in [0.717, 1.165) is 17.0 Å². The lowest BCUT2D eigenvalue weighted by Gasteiger charge is -2.08. The van der Waals surface area contributed by atoms with E-state index in [1.165, 1.54) is 5.56 Å². The van der Waals surface area contributed by atoms with Crippen molar-refractivity contribution < 1.29 is 4.79 Å². The van der Waals surface area contributed by atoms with E-state index in [-0.39, 0.29) is 5.78 Å². The first-order chi connectivity index (χ1) is 11.0. The van der Waals surface area contributed by atoms with Gasteiger partial charge in [0, 0.05) is 11.1 Å². The molecule has 0 unspecified atom stereocenters. The topological polar surface area (TPSA) is 50.7 Å². The molecule has 3 rings (SSSR count). The van der Waals surface area contributed by atoms with Gasteiger partial charge >= 0.3 is 0 Å². The van der Waals surface area contributed by atoms with Crippen molar-refractivity contribution >= 4 is 18.0 Å². The molecule has 0 radical (unpaired) electrons. The zero-order chi connectivity index (χ0) is 16.4. The highest BCUT2D eigenvalue weighted by atomic mass is 32.1. The molecule has 0 amide bonds. The SMILES string of the molecule is CC(=O)c1ccc(Cn2c(-c3ccc(C)cc3)n[nH]c2=S)cc1. The van der Waals surface area contributed by atoms with Gasteiger partial charge in [-0.05, 0) is 31.6 Å². The fourth-order valence-electron chi connectivity index (χ4n) is 2.41. The summed E-state index contributed by atoms with van der Waals surface area (Å²) in [6, 6.07) is 15.8. The molecule has 0 saturated heterocycles. The van der Waals surface area contributed by atoms with Crippen LogP contribution < -0.4 is 0 Å². The first-order valence-corrected chi connectivity index (χ1v) is 7.77. The molecule has 0 atom stereocenters. The Labute approximate surface area is 139 Å². The molecule has 0 aliphatic carbocycles. The fourth-order valence-corrected chi connectivity index (χ4v) is 2.61. The summed E-state index contributed by atoms with van der Waals surface area (Å²) in [4.78, 5) is 11.4. The standard InChI is InChI=1S/C18H17N3OS/c1-12-3-7-16(8-4-12)17-19-20-18(23)21(17)11-14-5-9-15(10-6-14)13(2)22/h3-10H,11H2,1-2H3,(H,20,23). The number of ketones is 1. The summed E-state index contributed by atoms with van der Waals surface area (Å²) >= 11 is 5.36. The normalized spacial score (nSPS) is 10.7. The van der Waals surface area contributed by atoms with Gasteiger partial charge in [0.1, 0.15) is 0 Å². The third-order valence-electron chi connectivity index (χ3n) is 3.77. The van der Waals surface area contributed by atoms with Crippen molar-refractivity contribution in [3.05, 3.63) is 70.0 Å². The molecule has 1 N–H and O–H groups in total. The number of carbonyl (C=O) groups is 1. The highest BCUT2D eigenvalue weighted by Gasteiger charge is 2.09. The van der Waals surface area contributed by atoms with Crippen LogP contribution in [-0.2, 0) is 6.54 Å². The third-order valence-corrected chi connectivity index (χ3v) is 4.08. The lowest BCUT2D eigenvalue weighted by atomic mass is 10.1. The molecule has 0 spiro atoms. The maximum atomic E-state index is 11.4. The molecule has 1 heterocycles. The number of aryl methyl sites for hydroxylation is 1. The number of H-pyrrole nitrogens is 1. The van der Waals surface area contributed by atoms with Gasteiger partial charge in [-0.2, -0.15) is 5.10 Å². The Bertz CT molecular complexity index is 889. The van der Waals surface area contributed by atoms with Gasteiger partial charge in [0.15, 0.2) is 16.4 Å². The van der Waals surface area contributed by atoms with Crippen LogP contribution in [-0.4, -0.2) is 20.5 Å². The molecular formula is C18H17N3OS. The maximum absolute atomic E-state index is 11.4. The summed E-state index contributed by atoms with van der Waals surface area (Å²) in [7, 11) is 0.